The number of imide groups is 1. The van der Waals surface area contributed by atoms with Crippen molar-refractivity contribution in [3.8, 4) is 0 Å². The first-order valence-corrected chi connectivity index (χ1v) is 12.6. The number of amides is 5. The number of carbonyl (C=O) groups is 4. The molecule has 216 valence electrons. The number of benzene rings is 1. The number of hydrogen-bond donors (Lipinski definition) is 3. The summed E-state index contributed by atoms with van der Waals surface area (Å²) in [6.07, 6.45) is -1.24. The summed E-state index contributed by atoms with van der Waals surface area (Å²) in [6.45, 7) is 3.31. The number of nitrogens with zero attached hydrogens (tertiary/aromatic N) is 3. The lowest BCUT2D eigenvalue weighted by atomic mass is 9.84. The van der Waals surface area contributed by atoms with Crippen molar-refractivity contribution < 1.29 is 41.8 Å². The topological polar surface area (TPSA) is 122 Å². The fourth-order valence-electron chi connectivity index (χ4n) is 5.13. The number of allylic oxidation sites excluding steroid dienone is 1. The van der Waals surface area contributed by atoms with Crippen LogP contribution >= 0.6 is 0 Å². The molecular formula is C26H29F4N5O5. The van der Waals surface area contributed by atoms with Crippen LogP contribution in [0.4, 0.5) is 22.4 Å². The summed E-state index contributed by atoms with van der Waals surface area (Å²) in [4.78, 5) is 56.2. The first-order chi connectivity index (χ1) is 18.7. The number of hydrogen-bond acceptors (Lipinski definition) is 6. The first-order valence-electron chi connectivity index (χ1n) is 12.6. The Hall–Kier alpha value is -3.94. The molecule has 1 unspecified atom stereocenters. The highest BCUT2D eigenvalue weighted by Crippen LogP contribution is 2.40. The molecule has 0 aromatic heterocycles. The largest absolute Gasteiger partial charge is 0.416 e. The molecule has 0 saturated carbocycles. The van der Waals surface area contributed by atoms with E-state index >= 15 is 0 Å². The number of carbonyl (C=O) groups excluding carboxylic acids is 4. The fraction of sp³-hybridized carbons (Fsp3) is 0.462. The third kappa shape index (κ3) is 5.15. The van der Waals surface area contributed by atoms with E-state index in [0.717, 1.165) is 4.90 Å². The van der Waals surface area contributed by atoms with E-state index in [-0.39, 0.29) is 25.9 Å². The van der Waals surface area contributed by atoms with Crippen LogP contribution in [0.5, 0.6) is 0 Å². The third-order valence-electron chi connectivity index (χ3n) is 7.38. The predicted octanol–water partition coefficient (Wildman–Crippen LogP) is 2.17. The number of dihydropyridines is 1. The molecule has 1 aromatic carbocycles. The highest BCUT2D eigenvalue weighted by atomic mass is 19.4. The number of halogens is 4. The van der Waals surface area contributed by atoms with Gasteiger partial charge in [-0.25, -0.2) is 9.18 Å². The van der Waals surface area contributed by atoms with Gasteiger partial charge in [-0.2, -0.15) is 13.2 Å². The van der Waals surface area contributed by atoms with Crippen molar-refractivity contribution in [1.82, 2.24) is 25.3 Å². The molecule has 0 bridgehead atoms. The molecule has 2 saturated heterocycles. The van der Waals surface area contributed by atoms with Gasteiger partial charge in [-0.05, 0) is 49.1 Å². The van der Waals surface area contributed by atoms with Gasteiger partial charge >= 0.3 is 12.2 Å². The van der Waals surface area contributed by atoms with Crippen molar-refractivity contribution in [2.75, 3.05) is 20.1 Å². The summed E-state index contributed by atoms with van der Waals surface area (Å²) in [5, 5.41) is 14.7. The second-order valence-electron chi connectivity index (χ2n) is 10.3. The average molecular weight is 568 g/mol. The van der Waals surface area contributed by atoms with Gasteiger partial charge in [0.2, 0.25) is 5.91 Å². The Bertz CT molecular complexity index is 1290. The standard InChI is InChI=1S/C26H29F4N5O5/c1-14(2)20(32-21(37)17-12-15(26(28,29)30)4-6-18(17)27)22(38)34-10-8-25(9-11-34)23(39)33(3)24(40)35(25)16-5-7-19(36)31-13-16/h4-7,12-14,19-20,31,36H,8-11H2,1-3H3,(H,32,37)/t19?,20-/m1/s1. The van der Waals surface area contributed by atoms with Crippen LogP contribution in [0.25, 0.3) is 0 Å². The summed E-state index contributed by atoms with van der Waals surface area (Å²) in [7, 11) is 1.36. The SMILES string of the molecule is CC(C)[C@@H](NC(=O)c1cc(C(F)(F)F)ccc1F)C(=O)N1CCC2(CC1)C(=O)N(C)C(=O)N2C1=CNC(O)C=C1. The summed E-state index contributed by atoms with van der Waals surface area (Å²) >= 11 is 0. The zero-order valence-corrected chi connectivity index (χ0v) is 22.0. The van der Waals surface area contributed by atoms with E-state index in [0.29, 0.717) is 23.9 Å². The minimum Gasteiger partial charge on any atom is -0.370 e. The van der Waals surface area contributed by atoms with Crippen LogP contribution in [0.15, 0.2) is 42.2 Å². The lowest BCUT2D eigenvalue weighted by molar-refractivity contribution is -0.141. The van der Waals surface area contributed by atoms with Crippen molar-refractivity contribution in [2.45, 2.75) is 50.7 Å². The van der Waals surface area contributed by atoms with E-state index < -0.39 is 70.6 Å². The zero-order valence-electron chi connectivity index (χ0n) is 22.0. The Labute approximate surface area is 227 Å². The summed E-state index contributed by atoms with van der Waals surface area (Å²) in [5.41, 5.74) is -2.96. The van der Waals surface area contributed by atoms with E-state index in [1.54, 1.807) is 13.8 Å². The number of aliphatic hydroxyl groups is 1. The molecule has 1 aromatic rings. The summed E-state index contributed by atoms with van der Waals surface area (Å²) < 4.78 is 53.6. The fourth-order valence-corrected chi connectivity index (χ4v) is 5.13. The van der Waals surface area contributed by atoms with Crippen molar-refractivity contribution in [3.05, 3.63) is 59.2 Å². The predicted molar refractivity (Wildman–Crippen MR) is 132 cm³/mol. The maximum absolute atomic E-state index is 14.3. The number of likely N-dealkylation sites (N-methyl/N-ethyl adjacent to an activating group) is 1. The highest BCUT2D eigenvalue weighted by molar-refractivity contribution is 6.08. The van der Waals surface area contributed by atoms with Crippen LogP contribution < -0.4 is 10.6 Å². The van der Waals surface area contributed by atoms with E-state index in [1.807, 2.05) is 0 Å². The maximum atomic E-state index is 14.3. The smallest absolute Gasteiger partial charge is 0.370 e. The van der Waals surface area contributed by atoms with Gasteiger partial charge in [0, 0.05) is 26.3 Å². The van der Waals surface area contributed by atoms with Gasteiger partial charge in [-0.15, -0.1) is 0 Å². The van der Waals surface area contributed by atoms with Crippen LogP contribution in [0, 0.1) is 11.7 Å². The number of urea groups is 1. The van der Waals surface area contributed by atoms with Gasteiger partial charge in [-0.1, -0.05) is 13.8 Å². The van der Waals surface area contributed by atoms with E-state index in [2.05, 4.69) is 10.6 Å². The second-order valence-corrected chi connectivity index (χ2v) is 10.3. The van der Waals surface area contributed by atoms with Gasteiger partial charge in [0.25, 0.3) is 11.8 Å². The molecule has 2 atom stereocenters. The number of alkyl halides is 3. The molecular weight excluding hydrogens is 538 g/mol. The maximum Gasteiger partial charge on any atom is 0.416 e. The molecule has 14 heteroatoms. The van der Waals surface area contributed by atoms with E-state index in [1.165, 1.54) is 35.2 Å². The Morgan fingerprint density at radius 1 is 1.18 bits per heavy atom. The van der Waals surface area contributed by atoms with Crippen LogP contribution in [0.2, 0.25) is 0 Å². The summed E-state index contributed by atoms with van der Waals surface area (Å²) in [6, 6.07) is -0.288. The van der Waals surface area contributed by atoms with E-state index in [9.17, 15) is 41.8 Å². The Morgan fingerprint density at radius 3 is 2.38 bits per heavy atom. The number of aliphatic hydroxyl groups excluding tert-OH is 1. The molecule has 3 aliphatic rings. The molecule has 3 aliphatic heterocycles. The molecule has 0 radical (unpaired) electrons. The Kier molecular flexibility index (Phi) is 7.67. The minimum atomic E-state index is -4.79. The molecule has 2 fully saturated rings. The van der Waals surface area contributed by atoms with Gasteiger partial charge in [0.05, 0.1) is 16.8 Å². The summed E-state index contributed by atoms with van der Waals surface area (Å²) in [5.74, 6) is -3.84. The molecule has 3 N–H and O–H groups in total. The highest BCUT2D eigenvalue weighted by Gasteiger charge is 2.58. The van der Waals surface area contributed by atoms with Gasteiger partial charge in [-0.3, -0.25) is 24.2 Å². The Morgan fingerprint density at radius 2 is 1.82 bits per heavy atom. The minimum absolute atomic E-state index is 0.0340. The second kappa shape index (κ2) is 10.6. The lowest BCUT2D eigenvalue weighted by Gasteiger charge is -2.43. The lowest BCUT2D eigenvalue weighted by Crippen LogP contribution is -2.60. The Balaban J connectivity index is 1.51. The van der Waals surface area contributed by atoms with Crippen LogP contribution in [-0.4, -0.2) is 81.5 Å². The van der Waals surface area contributed by atoms with Crippen molar-refractivity contribution in [3.63, 3.8) is 0 Å². The normalized spacial score (nSPS) is 21.6. The van der Waals surface area contributed by atoms with Gasteiger partial charge in [0.15, 0.2) is 0 Å². The number of rotatable bonds is 5. The number of nitrogens with one attached hydrogen (secondary N) is 2. The average Bonchev–Trinajstić information content (AvgIpc) is 3.07. The number of likely N-dealkylation sites (tertiary alicyclic amines) is 1. The van der Waals surface area contributed by atoms with E-state index in [4.69, 9.17) is 0 Å². The third-order valence-corrected chi connectivity index (χ3v) is 7.38. The first kappa shape index (κ1) is 29.1. The van der Waals surface area contributed by atoms with Crippen LogP contribution in [0.3, 0.4) is 0 Å². The molecule has 0 aliphatic carbocycles. The molecule has 4 rings (SSSR count). The monoisotopic (exact) mass is 567 g/mol. The van der Waals surface area contributed by atoms with Crippen LogP contribution in [0.1, 0.15) is 42.6 Å². The quantitative estimate of drug-likeness (QED) is 0.371. The molecule has 1 spiro atoms. The number of piperidine rings is 1. The van der Waals surface area contributed by atoms with Crippen LogP contribution in [-0.2, 0) is 15.8 Å². The molecule has 5 amide bonds. The molecule has 40 heavy (non-hydrogen) atoms. The van der Waals surface area contributed by atoms with Crippen molar-refractivity contribution in [1.29, 1.82) is 0 Å². The van der Waals surface area contributed by atoms with Crippen molar-refractivity contribution in [2.24, 2.45) is 5.92 Å². The zero-order chi connectivity index (χ0) is 29.6. The van der Waals surface area contributed by atoms with Crippen molar-refractivity contribution >= 4 is 23.8 Å². The van der Waals surface area contributed by atoms with Gasteiger partial charge in [0.1, 0.15) is 23.6 Å². The van der Waals surface area contributed by atoms with Gasteiger partial charge < -0.3 is 20.6 Å². The molecule has 3 heterocycles. The molecule has 10 nitrogen and oxygen atoms in total.